The lowest BCUT2D eigenvalue weighted by Gasteiger charge is -2.17. The zero-order valence-corrected chi connectivity index (χ0v) is 12.4. The predicted molar refractivity (Wildman–Crippen MR) is 83.7 cm³/mol. The van der Waals surface area contributed by atoms with Gasteiger partial charge in [-0.1, -0.05) is 29.8 Å². The van der Waals surface area contributed by atoms with E-state index in [2.05, 4.69) is 43.4 Å². The normalized spacial score (nSPS) is 12.2. The van der Waals surface area contributed by atoms with Crippen molar-refractivity contribution in [1.29, 1.82) is 0 Å². The van der Waals surface area contributed by atoms with Crippen LogP contribution >= 0.6 is 0 Å². The van der Waals surface area contributed by atoms with Crippen LogP contribution in [0.15, 0.2) is 42.5 Å². The summed E-state index contributed by atoms with van der Waals surface area (Å²) in [6.45, 7) is 6.21. The molecule has 0 saturated carbocycles. The number of nitrogens with one attached hydrogen (secondary N) is 1. The SMILES string of the molecule is Cc1cccc(CCC(C)Nc2ccc(F)cc2C)c1. The van der Waals surface area contributed by atoms with Crippen LogP contribution < -0.4 is 5.32 Å². The third kappa shape index (κ3) is 4.09. The van der Waals surface area contributed by atoms with E-state index in [9.17, 15) is 4.39 Å². The van der Waals surface area contributed by atoms with Gasteiger partial charge in [0, 0.05) is 11.7 Å². The van der Waals surface area contributed by atoms with Crippen LogP contribution in [0.4, 0.5) is 10.1 Å². The van der Waals surface area contributed by atoms with Crippen molar-refractivity contribution in [3.8, 4) is 0 Å². The van der Waals surface area contributed by atoms with Crippen LogP contribution in [-0.4, -0.2) is 6.04 Å². The number of hydrogen-bond acceptors (Lipinski definition) is 1. The Morgan fingerprint density at radius 3 is 2.60 bits per heavy atom. The summed E-state index contributed by atoms with van der Waals surface area (Å²) in [4.78, 5) is 0. The maximum Gasteiger partial charge on any atom is 0.123 e. The van der Waals surface area contributed by atoms with Crippen LogP contribution in [0.1, 0.15) is 30.0 Å². The second kappa shape index (κ2) is 6.56. The van der Waals surface area contributed by atoms with Gasteiger partial charge in [0.2, 0.25) is 0 Å². The molecular weight excluding hydrogens is 249 g/mol. The number of hydrogen-bond donors (Lipinski definition) is 1. The second-order valence-corrected chi connectivity index (χ2v) is 5.53. The number of benzene rings is 2. The standard InChI is InChI=1S/C18H22FN/c1-13-5-4-6-16(11-13)8-7-15(3)20-18-10-9-17(19)12-14(18)2/h4-6,9-12,15,20H,7-8H2,1-3H3. The molecule has 0 aliphatic rings. The lowest BCUT2D eigenvalue weighted by molar-refractivity contribution is 0.626. The molecule has 2 heteroatoms. The Morgan fingerprint density at radius 1 is 1.10 bits per heavy atom. The molecule has 0 spiro atoms. The quantitative estimate of drug-likeness (QED) is 0.817. The third-order valence-electron chi connectivity index (χ3n) is 3.54. The molecule has 0 aromatic heterocycles. The highest BCUT2D eigenvalue weighted by Gasteiger charge is 2.05. The lowest BCUT2D eigenvalue weighted by atomic mass is 10.0. The van der Waals surface area contributed by atoms with Crippen molar-refractivity contribution in [2.75, 3.05) is 5.32 Å². The summed E-state index contributed by atoms with van der Waals surface area (Å²) in [5.41, 5.74) is 4.64. The van der Waals surface area contributed by atoms with Gasteiger partial charge in [0.25, 0.3) is 0 Å². The highest BCUT2D eigenvalue weighted by atomic mass is 19.1. The first-order valence-electron chi connectivity index (χ1n) is 7.13. The van der Waals surface area contributed by atoms with Gasteiger partial charge in [-0.05, 0) is 62.9 Å². The molecule has 1 atom stereocenters. The minimum atomic E-state index is -0.180. The molecule has 1 nitrogen and oxygen atoms in total. The van der Waals surface area contributed by atoms with E-state index >= 15 is 0 Å². The molecule has 2 rings (SSSR count). The van der Waals surface area contributed by atoms with E-state index in [-0.39, 0.29) is 5.82 Å². The predicted octanol–water partition coefficient (Wildman–Crippen LogP) is 4.88. The molecule has 0 radical (unpaired) electrons. The van der Waals surface area contributed by atoms with Crippen LogP contribution in [0, 0.1) is 19.7 Å². The number of halogens is 1. The maximum absolute atomic E-state index is 13.1. The Balaban J connectivity index is 1.90. The third-order valence-corrected chi connectivity index (χ3v) is 3.54. The topological polar surface area (TPSA) is 12.0 Å². The zero-order valence-electron chi connectivity index (χ0n) is 12.4. The Hall–Kier alpha value is -1.83. The van der Waals surface area contributed by atoms with Gasteiger partial charge in [0.1, 0.15) is 5.82 Å². The Bertz CT molecular complexity index is 577. The van der Waals surface area contributed by atoms with Crippen LogP contribution in [0.3, 0.4) is 0 Å². The highest BCUT2D eigenvalue weighted by Crippen LogP contribution is 2.18. The number of rotatable bonds is 5. The lowest BCUT2D eigenvalue weighted by Crippen LogP contribution is -2.16. The summed E-state index contributed by atoms with van der Waals surface area (Å²) < 4.78 is 13.1. The summed E-state index contributed by atoms with van der Waals surface area (Å²) in [5, 5.41) is 3.46. The van der Waals surface area contributed by atoms with Crippen molar-refractivity contribution < 1.29 is 4.39 Å². The Morgan fingerprint density at radius 2 is 1.90 bits per heavy atom. The van der Waals surface area contributed by atoms with Gasteiger partial charge < -0.3 is 5.32 Å². The fourth-order valence-electron chi connectivity index (χ4n) is 2.38. The molecule has 0 heterocycles. The smallest absolute Gasteiger partial charge is 0.123 e. The monoisotopic (exact) mass is 271 g/mol. The van der Waals surface area contributed by atoms with E-state index in [1.54, 1.807) is 6.07 Å². The highest BCUT2D eigenvalue weighted by molar-refractivity contribution is 5.51. The maximum atomic E-state index is 13.1. The van der Waals surface area contributed by atoms with E-state index in [0.717, 1.165) is 24.1 Å². The molecule has 2 aromatic carbocycles. The number of aryl methyl sites for hydroxylation is 3. The minimum absolute atomic E-state index is 0.180. The average Bonchev–Trinajstić information content (AvgIpc) is 2.40. The summed E-state index contributed by atoms with van der Waals surface area (Å²) in [6.07, 6.45) is 2.11. The van der Waals surface area contributed by atoms with Gasteiger partial charge in [0.05, 0.1) is 0 Å². The van der Waals surface area contributed by atoms with E-state index in [1.807, 2.05) is 13.0 Å². The van der Waals surface area contributed by atoms with Crippen LogP contribution in [-0.2, 0) is 6.42 Å². The molecule has 1 unspecified atom stereocenters. The van der Waals surface area contributed by atoms with Gasteiger partial charge in [-0.3, -0.25) is 0 Å². The van der Waals surface area contributed by atoms with Crippen molar-refractivity contribution in [3.05, 3.63) is 65.0 Å². The summed E-state index contributed by atoms with van der Waals surface area (Å²) in [7, 11) is 0. The fraction of sp³-hybridized carbons (Fsp3) is 0.333. The molecular formula is C18H22FN. The van der Waals surface area contributed by atoms with Gasteiger partial charge >= 0.3 is 0 Å². The second-order valence-electron chi connectivity index (χ2n) is 5.53. The van der Waals surface area contributed by atoms with Gasteiger partial charge in [-0.25, -0.2) is 4.39 Å². The van der Waals surface area contributed by atoms with Crippen LogP contribution in [0.25, 0.3) is 0 Å². The number of anilines is 1. The first kappa shape index (κ1) is 14.6. The Kier molecular flexibility index (Phi) is 4.78. The molecule has 106 valence electrons. The molecule has 20 heavy (non-hydrogen) atoms. The molecule has 0 saturated heterocycles. The van der Waals surface area contributed by atoms with Gasteiger partial charge in [-0.2, -0.15) is 0 Å². The first-order valence-corrected chi connectivity index (χ1v) is 7.13. The molecule has 0 fully saturated rings. The summed E-state index contributed by atoms with van der Waals surface area (Å²) >= 11 is 0. The largest absolute Gasteiger partial charge is 0.382 e. The molecule has 1 N–H and O–H groups in total. The molecule has 0 aliphatic heterocycles. The molecule has 2 aromatic rings. The van der Waals surface area contributed by atoms with E-state index in [4.69, 9.17) is 0 Å². The van der Waals surface area contributed by atoms with Crippen molar-refractivity contribution >= 4 is 5.69 Å². The van der Waals surface area contributed by atoms with Crippen molar-refractivity contribution in [1.82, 2.24) is 0 Å². The van der Waals surface area contributed by atoms with E-state index in [0.29, 0.717) is 6.04 Å². The molecule has 0 amide bonds. The van der Waals surface area contributed by atoms with E-state index in [1.165, 1.54) is 17.2 Å². The fourth-order valence-corrected chi connectivity index (χ4v) is 2.38. The van der Waals surface area contributed by atoms with Crippen LogP contribution in [0.2, 0.25) is 0 Å². The van der Waals surface area contributed by atoms with Crippen molar-refractivity contribution in [2.45, 2.75) is 39.7 Å². The molecule has 0 bridgehead atoms. The van der Waals surface area contributed by atoms with E-state index < -0.39 is 0 Å². The van der Waals surface area contributed by atoms with Gasteiger partial charge in [0.15, 0.2) is 0 Å². The van der Waals surface area contributed by atoms with Crippen LogP contribution in [0.5, 0.6) is 0 Å². The summed E-state index contributed by atoms with van der Waals surface area (Å²) in [5.74, 6) is -0.180. The first-order chi connectivity index (χ1) is 9.54. The van der Waals surface area contributed by atoms with Crippen molar-refractivity contribution in [2.24, 2.45) is 0 Å². The minimum Gasteiger partial charge on any atom is -0.382 e. The van der Waals surface area contributed by atoms with Crippen molar-refractivity contribution in [3.63, 3.8) is 0 Å². The summed E-state index contributed by atoms with van der Waals surface area (Å²) in [6, 6.07) is 13.9. The van der Waals surface area contributed by atoms with Gasteiger partial charge in [-0.15, -0.1) is 0 Å². The zero-order chi connectivity index (χ0) is 14.5. The Labute approximate surface area is 120 Å². The molecule has 0 aliphatic carbocycles. The average molecular weight is 271 g/mol.